The van der Waals surface area contributed by atoms with Crippen molar-refractivity contribution in [2.24, 2.45) is 0 Å². The van der Waals surface area contributed by atoms with E-state index in [1.54, 1.807) is 25.1 Å². The molecule has 152 valence electrons. The molecule has 0 aliphatic rings. The van der Waals surface area contributed by atoms with Crippen LogP contribution in [0.15, 0.2) is 83.8 Å². The number of hydrogen-bond acceptors (Lipinski definition) is 5. The molecule has 5 nitrogen and oxygen atoms in total. The van der Waals surface area contributed by atoms with E-state index in [2.05, 4.69) is 30.5 Å². The van der Waals surface area contributed by atoms with Gasteiger partial charge in [-0.05, 0) is 19.1 Å². The molecule has 0 bridgehead atoms. The van der Waals surface area contributed by atoms with Gasteiger partial charge in [0, 0.05) is 22.0 Å². The van der Waals surface area contributed by atoms with Crippen LogP contribution in [0.1, 0.15) is 21.5 Å². The minimum atomic E-state index is -4.86. The van der Waals surface area contributed by atoms with Crippen molar-refractivity contribution >= 4 is 26.1 Å². The SMILES string of the molecule is C[S+](Cc1ccccc1)c1ccccc1O.Cc1ccc(C(=O)S(=O)(=O)[O-])cc1. The lowest BCUT2D eigenvalue weighted by Crippen LogP contribution is -2.13. The predicted molar refractivity (Wildman–Crippen MR) is 115 cm³/mol. The van der Waals surface area contributed by atoms with Crippen LogP contribution in [-0.2, 0) is 26.8 Å². The zero-order valence-corrected chi connectivity index (χ0v) is 17.7. The van der Waals surface area contributed by atoms with Gasteiger partial charge in [0.05, 0.1) is 0 Å². The number of rotatable bonds is 4. The summed E-state index contributed by atoms with van der Waals surface area (Å²) in [7, 11) is -4.80. The first-order valence-electron chi connectivity index (χ1n) is 8.70. The van der Waals surface area contributed by atoms with Gasteiger partial charge in [0.1, 0.15) is 12.0 Å². The second-order valence-electron chi connectivity index (χ2n) is 6.34. The highest BCUT2D eigenvalue weighted by molar-refractivity contribution is 8.01. The first-order chi connectivity index (χ1) is 13.7. The Kier molecular flexibility index (Phi) is 8.01. The quantitative estimate of drug-likeness (QED) is 0.501. The van der Waals surface area contributed by atoms with E-state index in [4.69, 9.17) is 0 Å². The van der Waals surface area contributed by atoms with E-state index in [1.165, 1.54) is 17.7 Å². The third-order valence-corrected chi connectivity index (χ3v) is 6.53. The minimum Gasteiger partial charge on any atom is -0.742 e. The topological polar surface area (TPSA) is 94.5 Å². The van der Waals surface area contributed by atoms with E-state index in [1.807, 2.05) is 24.3 Å². The smallest absolute Gasteiger partial charge is 0.264 e. The van der Waals surface area contributed by atoms with Gasteiger partial charge in [-0.1, -0.05) is 72.3 Å². The maximum absolute atomic E-state index is 10.9. The second-order valence-corrected chi connectivity index (χ2v) is 9.62. The Labute approximate surface area is 174 Å². The molecule has 0 heterocycles. The molecule has 0 saturated heterocycles. The lowest BCUT2D eigenvalue weighted by molar-refractivity contribution is 0.106. The Morgan fingerprint density at radius 1 is 0.931 bits per heavy atom. The van der Waals surface area contributed by atoms with Crippen LogP contribution >= 0.6 is 0 Å². The largest absolute Gasteiger partial charge is 0.742 e. The zero-order chi connectivity index (χ0) is 21.4. The Balaban J connectivity index is 0.000000212. The summed E-state index contributed by atoms with van der Waals surface area (Å²) in [6.45, 7) is 1.79. The molecule has 3 aromatic rings. The van der Waals surface area contributed by atoms with Gasteiger partial charge in [-0.2, -0.15) is 0 Å². The second kappa shape index (κ2) is 10.2. The van der Waals surface area contributed by atoms with Crippen molar-refractivity contribution in [3.05, 3.63) is 95.6 Å². The average molecular weight is 431 g/mol. The fourth-order valence-corrected chi connectivity index (χ4v) is 4.50. The van der Waals surface area contributed by atoms with E-state index in [-0.39, 0.29) is 16.5 Å². The molecule has 0 radical (unpaired) electrons. The minimum absolute atomic E-state index is 0.0540. The van der Waals surface area contributed by atoms with Gasteiger partial charge in [0.15, 0.2) is 20.8 Å². The summed E-state index contributed by atoms with van der Waals surface area (Å²) in [5.41, 5.74) is 2.11. The van der Waals surface area contributed by atoms with Gasteiger partial charge >= 0.3 is 0 Å². The van der Waals surface area contributed by atoms with Crippen LogP contribution in [0.3, 0.4) is 0 Å². The number of benzene rings is 3. The molecule has 1 atom stereocenters. The molecule has 1 N–H and O–H groups in total. The highest BCUT2D eigenvalue weighted by Gasteiger charge is 2.19. The molecule has 0 spiro atoms. The standard InChI is InChI=1S/C14H14OS.C8H8O4S/c1-16(11-12-7-3-2-4-8-12)14-10-6-5-9-13(14)15;1-6-2-4-7(5-3-6)8(9)13(10,11)12/h2-10H,11H2,1H3;2-5H,1H3,(H,10,11,12). The first kappa shape index (κ1) is 22.7. The Morgan fingerprint density at radius 2 is 1.48 bits per heavy atom. The van der Waals surface area contributed by atoms with Crippen LogP contribution < -0.4 is 0 Å². The summed E-state index contributed by atoms with van der Waals surface area (Å²) in [5.74, 6) is 1.39. The Morgan fingerprint density at radius 3 is 2.03 bits per heavy atom. The van der Waals surface area contributed by atoms with Crippen LogP contribution in [-0.4, -0.2) is 29.4 Å². The van der Waals surface area contributed by atoms with Crippen molar-refractivity contribution in [2.45, 2.75) is 17.6 Å². The van der Waals surface area contributed by atoms with Crippen LogP contribution in [0.2, 0.25) is 0 Å². The molecule has 1 unspecified atom stereocenters. The van der Waals surface area contributed by atoms with Crippen molar-refractivity contribution in [3.63, 3.8) is 0 Å². The summed E-state index contributed by atoms with van der Waals surface area (Å²) in [6.07, 6.45) is 2.17. The number of carbonyl (C=O) groups excluding carboxylic acids is 1. The number of phenols is 1. The zero-order valence-electron chi connectivity index (χ0n) is 16.1. The summed E-state index contributed by atoms with van der Waals surface area (Å²) in [6, 6.07) is 23.7. The van der Waals surface area contributed by atoms with Crippen LogP contribution in [0.25, 0.3) is 0 Å². The Bertz CT molecular complexity index is 1050. The van der Waals surface area contributed by atoms with Gasteiger partial charge in [0.25, 0.3) is 5.12 Å². The summed E-state index contributed by atoms with van der Waals surface area (Å²) in [5, 5.41) is 8.38. The Hall–Kier alpha value is -2.61. The first-order valence-corrected chi connectivity index (χ1v) is 11.9. The lowest BCUT2D eigenvalue weighted by Gasteiger charge is -2.04. The van der Waals surface area contributed by atoms with Crippen LogP contribution in [0.5, 0.6) is 5.75 Å². The molecule has 0 aromatic heterocycles. The number of aryl methyl sites for hydroxylation is 1. The van der Waals surface area contributed by atoms with Crippen LogP contribution in [0.4, 0.5) is 0 Å². The predicted octanol–water partition coefficient (Wildman–Crippen LogP) is 3.88. The third kappa shape index (κ3) is 7.05. The summed E-state index contributed by atoms with van der Waals surface area (Å²) >= 11 is 0. The van der Waals surface area contributed by atoms with Gasteiger partial charge in [-0.15, -0.1) is 0 Å². The van der Waals surface area contributed by atoms with E-state index in [9.17, 15) is 22.9 Å². The van der Waals surface area contributed by atoms with Crippen molar-refractivity contribution in [1.82, 2.24) is 0 Å². The average Bonchev–Trinajstić information content (AvgIpc) is 2.69. The van der Waals surface area contributed by atoms with Crippen LogP contribution in [0, 0.1) is 6.92 Å². The van der Waals surface area contributed by atoms with Crippen molar-refractivity contribution in [3.8, 4) is 5.75 Å². The molecule has 3 aromatic carbocycles. The fraction of sp³-hybridized carbons (Fsp3) is 0.136. The molecular formula is C22H22O5S2. The molecule has 7 heteroatoms. The van der Waals surface area contributed by atoms with Crippen molar-refractivity contribution < 1.29 is 22.9 Å². The lowest BCUT2D eigenvalue weighted by atomic mass is 10.2. The molecule has 0 saturated carbocycles. The van der Waals surface area contributed by atoms with E-state index in [0.717, 1.165) is 16.2 Å². The number of hydrogen-bond donors (Lipinski definition) is 1. The highest BCUT2D eigenvalue weighted by atomic mass is 32.2. The number of phenolic OH excluding ortho intramolecular Hbond substituents is 1. The molecule has 0 amide bonds. The molecule has 0 aliphatic heterocycles. The number of aromatic hydroxyl groups is 1. The molecule has 0 fully saturated rings. The normalized spacial score (nSPS) is 11.8. The monoisotopic (exact) mass is 430 g/mol. The maximum atomic E-state index is 10.9. The fourth-order valence-electron chi connectivity index (χ4n) is 2.49. The van der Waals surface area contributed by atoms with Gasteiger partial charge in [-0.25, -0.2) is 8.42 Å². The number of para-hydroxylation sites is 1. The van der Waals surface area contributed by atoms with Crippen molar-refractivity contribution in [2.75, 3.05) is 6.26 Å². The molecule has 3 rings (SSSR count). The van der Waals surface area contributed by atoms with Crippen molar-refractivity contribution in [1.29, 1.82) is 0 Å². The van der Waals surface area contributed by atoms with E-state index in [0.29, 0.717) is 5.75 Å². The van der Waals surface area contributed by atoms with E-state index < -0.39 is 15.2 Å². The van der Waals surface area contributed by atoms with Gasteiger partial charge in [-0.3, -0.25) is 4.79 Å². The van der Waals surface area contributed by atoms with Gasteiger partial charge < -0.3 is 9.66 Å². The maximum Gasteiger partial charge on any atom is 0.264 e. The third-order valence-electron chi connectivity index (χ3n) is 3.98. The highest BCUT2D eigenvalue weighted by Crippen LogP contribution is 2.25. The summed E-state index contributed by atoms with van der Waals surface area (Å²) in [4.78, 5) is 11.9. The van der Waals surface area contributed by atoms with E-state index >= 15 is 0 Å². The summed E-state index contributed by atoms with van der Waals surface area (Å²) < 4.78 is 30.9. The van der Waals surface area contributed by atoms with Gasteiger partial charge in [0.2, 0.25) is 0 Å². The number of carbonyl (C=O) groups is 1. The molecule has 29 heavy (non-hydrogen) atoms. The molecule has 0 aliphatic carbocycles. The molecular weight excluding hydrogens is 408 g/mol.